The number of nitrogens with two attached hydrogens (primary N) is 1. The Morgan fingerprint density at radius 1 is 1.31 bits per heavy atom. The topological polar surface area (TPSA) is 86.9 Å². The average molecular weight is 229 g/mol. The molecule has 0 radical (unpaired) electrons. The van der Waals surface area contributed by atoms with Crippen molar-refractivity contribution in [2.45, 2.75) is 19.4 Å². The van der Waals surface area contributed by atoms with Crippen LogP contribution in [0.2, 0.25) is 0 Å². The molecule has 0 saturated carbocycles. The molecule has 6 heteroatoms. The number of carbonyl (C=O) groups excluding carboxylic acids is 1. The minimum atomic E-state index is -1.03. The molecular formula is C10H19N3O3. The fraction of sp³-hybridized carbons (Fsp3) is 0.800. The van der Waals surface area contributed by atoms with Gasteiger partial charge in [0, 0.05) is 26.2 Å². The van der Waals surface area contributed by atoms with Crippen LogP contribution in [0.5, 0.6) is 0 Å². The summed E-state index contributed by atoms with van der Waals surface area (Å²) in [5.41, 5.74) is 5.53. The van der Waals surface area contributed by atoms with Gasteiger partial charge in [-0.05, 0) is 6.54 Å². The minimum absolute atomic E-state index is 0.252. The Labute approximate surface area is 95.0 Å². The first kappa shape index (κ1) is 12.9. The van der Waals surface area contributed by atoms with E-state index in [1.807, 2.05) is 0 Å². The molecule has 1 aliphatic heterocycles. The van der Waals surface area contributed by atoms with Gasteiger partial charge in [-0.2, -0.15) is 0 Å². The van der Waals surface area contributed by atoms with E-state index in [1.165, 1.54) is 0 Å². The lowest BCUT2D eigenvalue weighted by molar-refractivity contribution is -0.142. The second-order valence-electron chi connectivity index (χ2n) is 3.96. The van der Waals surface area contributed by atoms with Crippen molar-refractivity contribution in [2.24, 2.45) is 5.73 Å². The number of carboxylic acids is 1. The first-order valence-corrected chi connectivity index (χ1v) is 5.53. The predicted octanol–water partition coefficient (Wildman–Crippen LogP) is -1.05. The van der Waals surface area contributed by atoms with E-state index in [2.05, 4.69) is 11.8 Å². The van der Waals surface area contributed by atoms with Gasteiger partial charge in [-0.25, -0.2) is 0 Å². The maximum Gasteiger partial charge on any atom is 0.305 e. The highest BCUT2D eigenvalue weighted by Crippen LogP contribution is 2.04. The number of amides is 1. The number of likely N-dealkylation sites (N-methyl/N-ethyl adjacent to an activating group) is 1. The Hall–Kier alpha value is -1.14. The van der Waals surface area contributed by atoms with E-state index >= 15 is 0 Å². The molecule has 0 aliphatic carbocycles. The smallest absolute Gasteiger partial charge is 0.305 e. The largest absolute Gasteiger partial charge is 0.481 e. The summed E-state index contributed by atoms with van der Waals surface area (Å²) in [6, 6.07) is -0.911. The summed E-state index contributed by atoms with van der Waals surface area (Å²) in [6.07, 6.45) is -0.299. The molecule has 1 rings (SSSR count). The van der Waals surface area contributed by atoms with E-state index in [4.69, 9.17) is 10.8 Å². The lowest BCUT2D eigenvalue weighted by Crippen LogP contribution is -2.53. The van der Waals surface area contributed by atoms with E-state index in [0.29, 0.717) is 13.1 Å². The van der Waals surface area contributed by atoms with Crippen LogP contribution >= 0.6 is 0 Å². The minimum Gasteiger partial charge on any atom is -0.481 e. The van der Waals surface area contributed by atoms with Crippen molar-refractivity contribution in [1.82, 2.24) is 9.80 Å². The summed E-state index contributed by atoms with van der Waals surface area (Å²) in [5, 5.41) is 8.55. The Morgan fingerprint density at radius 3 is 2.31 bits per heavy atom. The van der Waals surface area contributed by atoms with Crippen LogP contribution in [0.4, 0.5) is 0 Å². The fourth-order valence-corrected chi connectivity index (χ4v) is 1.79. The monoisotopic (exact) mass is 229 g/mol. The van der Waals surface area contributed by atoms with Gasteiger partial charge in [0.2, 0.25) is 5.91 Å². The van der Waals surface area contributed by atoms with Crippen LogP contribution in [0.25, 0.3) is 0 Å². The van der Waals surface area contributed by atoms with E-state index in [9.17, 15) is 9.59 Å². The van der Waals surface area contributed by atoms with Gasteiger partial charge in [-0.15, -0.1) is 0 Å². The lowest BCUT2D eigenvalue weighted by atomic mass is 10.2. The van der Waals surface area contributed by atoms with Crippen LogP contribution in [0, 0.1) is 0 Å². The standard InChI is InChI=1S/C10H19N3O3/c1-2-12-3-5-13(6-4-12)10(16)8(11)7-9(14)15/h8H,2-7,11H2,1H3,(H,14,15). The van der Waals surface area contributed by atoms with Crippen molar-refractivity contribution >= 4 is 11.9 Å². The molecule has 0 spiro atoms. The number of carbonyl (C=O) groups is 2. The molecule has 92 valence electrons. The summed E-state index contributed by atoms with van der Waals surface area (Å²) >= 11 is 0. The quantitative estimate of drug-likeness (QED) is 0.642. The number of rotatable bonds is 4. The number of nitrogens with zero attached hydrogens (tertiary/aromatic N) is 2. The Balaban J connectivity index is 2.40. The summed E-state index contributed by atoms with van der Waals surface area (Å²) in [5.74, 6) is -1.29. The maximum atomic E-state index is 11.7. The van der Waals surface area contributed by atoms with Gasteiger partial charge in [0.1, 0.15) is 0 Å². The molecule has 1 saturated heterocycles. The first-order valence-electron chi connectivity index (χ1n) is 5.53. The molecule has 1 aliphatic rings. The Morgan fingerprint density at radius 2 is 1.88 bits per heavy atom. The molecule has 1 unspecified atom stereocenters. The van der Waals surface area contributed by atoms with Crippen molar-refractivity contribution in [3.63, 3.8) is 0 Å². The second-order valence-corrected chi connectivity index (χ2v) is 3.96. The highest BCUT2D eigenvalue weighted by molar-refractivity contribution is 5.86. The van der Waals surface area contributed by atoms with Crippen molar-refractivity contribution in [3.8, 4) is 0 Å². The SMILES string of the molecule is CCN1CCN(C(=O)C(N)CC(=O)O)CC1. The third kappa shape index (κ3) is 3.46. The van der Waals surface area contributed by atoms with Gasteiger partial charge in [0.15, 0.2) is 0 Å². The van der Waals surface area contributed by atoms with Crippen molar-refractivity contribution in [3.05, 3.63) is 0 Å². The van der Waals surface area contributed by atoms with Gasteiger partial charge in [0.05, 0.1) is 12.5 Å². The number of hydrogen-bond donors (Lipinski definition) is 2. The first-order chi connectivity index (χ1) is 7.54. The molecule has 6 nitrogen and oxygen atoms in total. The van der Waals surface area contributed by atoms with Gasteiger partial charge in [-0.1, -0.05) is 6.92 Å². The Kier molecular flexibility index (Phi) is 4.70. The molecule has 1 amide bonds. The van der Waals surface area contributed by atoms with Gasteiger partial charge in [-0.3, -0.25) is 9.59 Å². The summed E-state index contributed by atoms with van der Waals surface area (Å²) in [6.45, 7) is 6.00. The molecule has 0 bridgehead atoms. The molecule has 0 aromatic heterocycles. The molecule has 1 heterocycles. The van der Waals surface area contributed by atoms with E-state index < -0.39 is 12.0 Å². The number of aliphatic carboxylic acids is 1. The highest BCUT2D eigenvalue weighted by Gasteiger charge is 2.25. The van der Waals surface area contributed by atoms with Crippen LogP contribution in [-0.2, 0) is 9.59 Å². The molecule has 0 aromatic rings. The highest BCUT2D eigenvalue weighted by atomic mass is 16.4. The summed E-state index contributed by atoms with van der Waals surface area (Å²) in [4.78, 5) is 26.1. The van der Waals surface area contributed by atoms with E-state index in [0.717, 1.165) is 19.6 Å². The fourth-order valence-electron chi connectivity index (χ4n) is 1.79. The lowest BCUT2D eigenvalue weighted by Gasteiger charge is -2.35. The van der Waals surface area contributed by atoms with Crippen LogP contribution in [0.1, 0.15) is 13.3 Å². The van der Waals surface area contributed by atoms with Crippen LogP contribution in [0.3, 0.4) is 0 Å². The third-order valence-corrected chi connectivity index (χ3v) is 2.84. The molecule has 3 N–H and O–H groups in total. The number of piperazine rings is 1. The zero-order valence-corrected chi connectivity index (χ0v) is 9.56. The zero-order valence-electron chi connectivity index (χ0n) is 9.56. The van der Waals surface area contributed by atoms with Gasteiger partial charge >= 0.3 is 5.97 Å². The molecule has 16 heavy (non-hydrogen) atoms. The van der Waals surface area contributed by atoms with Crippen LogP contribution < -0.4 is 5.73 Å². The summed E-state index contributed by atoms with van der Waals surface area (Å²) in [7, 11) is 0. The third-order valence-electron chi connectivity index (χ3n) is 2.84. The van der Waals surface area contributed by atoms with E-state index in [-0.39, 0.29) is 12.3 Å². The molecule has 0 aromatic carbocycles. The average Bonchev–Trinajstić information content (AvgIpc) is 2.27. The second kappa shape index (κ2) is 5.81. The van der Waals surface area contributed by atoms with E-state index in [1.54, 1.807) is 4.90 Å². The molecular weight excluding hydrogens is 210 g/mol. The van der Waals surface area contributed by atoms with Gasteiger partial charge < -0.3 is 20.6 Å². The van der Waals surface area contributed by atoms with Crippen molar-refractivity contribution in [1.29, 1.82) is 0 Å². The Bertz CT molecular complexity index is 262. The summed E-state index contributed by atoms with van der Waals surface area (Å²) < 4.78 is 0. The predicted molar refractivity (Wildman–Crippen MR) is 58.9 cm³/mol. The van der Waals surface area contributed by atoms with Crippen LogP contribution in [0.15, 0.2) is 0 Å². The van der Waals surface area contributed by atoms with Crippen molar-refractivity contribution < 1.29 is 14.7 Å². The van der Waals surface area contributed by atoms with Gasteiger partial charge in [0.25, 0.3) is 0 Å². The number of hydrogen-bond acceptors (Lipinski definition) is 4. The zero-order chi connectivity index (χ0) is 12.1. The molecule has 1 fully saturated rings. The maximum absolute atomic E-state index is 11.7. The van der Waals surface area contributed by atoms with Crippen molar-refractivity contribution in [2.75, 3.05) is 32.7 Å². The normalized spacial score (nSPS) is 19.5. The number of carboxylic acid groups (broad SMARTS) is 1. The molecule has 1 atom stereocenters. The van der Waals surface area contributed by atoms with Crippen LogP contribution in [-0.4, -0.2) is 65.5 Å².